The van der Waals surface area contributed by atoms with Crippen molar-refractivity contribution in [1.82, 2.24) is 0 Å². The molecule has 0 N–H and O–H groups in total. The molecule has 0 aromatic heterocycles. The minimum Gasteiger partial charge on any atom is -0.245 e. The third kappa shape index (κ3) is 4.35. The van der Waals surface area contributed by atoms with E-state index in [9.17, 15) is 43.9 Å². The molecule has 0 saturated carbocycles. The quantitative estimate of drug-likeness (QED) is 0.688. The van der Waals surface area contributed by atoms with Gasteiger partial charge >= 0.3 is 24.3 Å². The van der Waals surface area contributed by atoms with Crippen LogP contribution in [0, 0.1) is 0 Å². The van der Waals surface area contributed by atoms with Gasteiger partial charge in [0.25, 0.3) is 0 Å². The van der Waals surface area contributed by atoms with Crippen molar-refractivity contribution in [3.05, 3.63) is 12.4 Å². The van der Waals surface area contributed by atoms with E-state index in [0.717, 1.165) is 0 Å². The first-order valence-corrected chi connectivity index (χ1v) is 3.86. The van der Waals surface area contributed by atoms with Gasteiger partial charge < -0.3 is 0 Å². The number of alkyl halides is 9. The average molecular weight is 294 g/mol. The van der Waals surface area contributed by atoms with E-state index in [4.69, 9.17) is 0 Å². The smallest absolute Gasteiger partial charge is 0.245 e. The van der Waals surface area contributed by atoms with Crippen LogP contribution in [0.15, 0.2) is 12.4 Å². The lowest BCUT2D eigenvalue weighted by Crippen LogP contribution is -2.49. The maximum Gasteiger partial charge on any atom is 0.424 e. The molecule has 18 heavy (non-hydrogen) atoms. The molecule has 0 aliphatic rings. The summed E-state index contributed by atoms with van der Waals surface area (Å²) in [7, 11) is 0. The van der Waals surface area contributed by atoms with Crippen LogP contribution in [0.4, 0.5) is 43.9 Å². The van der Waals surface area contributed by atoms with E-state index < -0.39 is 36.6 Å². The summed E-state index contributed by atoms with van der Waals surface area (Å²) >= 11 is 0. The van der Waals surface area contributed by atoms with Crippen molar-refractivity contribution >= 4 is 0 Å². The Bertz CT molecular complexity index is 317. The second kappa shape index (κ2) is 4.59. The SMILES string of the molecule is C=C(F)C(F)(F)OC(F)(F)C(F)(F)CC(F)(F)F. The molecule has 0 fully saturated rings. The van der Waals surface area contributed by atoms with Crippen LogP contribution in [0.2, 0.25) is 0 Å². The molecule has 0 aliphatic carbocycles. The van der Waals surface area contributed by atoms with E-state index in [-0.39, 0.29) is 0 Å². The summed E-state index contributed by atoms with van der Waals surface area (Å²) in [6.07, 6.45) is -21.0. The zero-order valence-corrected chi connectivity index (χ0v) is 8.10. The molecule has 108 valence electrons. The summed E-state index contributed by atoms with van der Waals surface area (Å²) in [4.78, 5) is 0. The highest BCUT2D eigenvalue weighted by molar-refractivity contribution is 4.93. The third-order valence-corrected chi connectivity index (χ3v) is 1.42. The summed E-state index contributed by atoms with van der Waals surface area (Å²) in [5.41, 5.74) is 0. The summed E-state index contributed by atoms with van der Waals surface area (Å²) in [5, 5.41) is 0. The second-order valence-corrected chi connectivity index (χ2v) is 3.04. The first-order valence-electron chi connectivity index (χ1n) is 3.86. The molecule has 0 atom stereocenters. The van der Waals surface area contributed by atoms with Gasteiger partial charge in [-0.15, -0.1) is 0 Å². The molecule has 0 bridgehead atoms. The maximum atomic E-state index is 12.4. The summed E-state index contributed by atoms with van der Waals surface area (Å²) in [6, 6.07) is 0. The van der Waals surface area contributed by atoms with E-state index in [1.54, 1.807) is 0 Å². The van der Waals surface area contributed by atoms with Crippen molar-refractivity contribution in [2.75, 3.05) is 0 Å². The zero-order chi connectivity index (χ0) is 15.0. The predicted molar refractivity (Wildman–Crippen MR) is 36.8 cm³/mol. The minimum atomic E-state index is -6.24. The largest absolute Gasteiger partial charge is 0.424 e. The normalized spacial score (nSPS) is 14.8. The molecule has 0 radical (unpaired) electrons. The minimum absolute atomic E-state index is 1.83. The van der Waals surface area contributed by atoms with Crippen molar-refractivity contribution in [2.24, 2.45) is 0 Å². The fourth-order valence-corrected chi connectivity index (χ4v) is 0.646. The first kappa shape index (κ1) is 17.0. The van der Waals surface area contributed by atoms with Gasteiger partial charge in [0.1, 0.15) is 6.42 Å². The van der Waals surface area contributed by atoms with Gasteiger partial charge in [0, 0.05) is 0 Å². The van der Waals surface area contributed by atoms with Gasteiger partial charge in [0.2, 0.25) is 0 Å². The second-order valence-electron chi connectivity index (χ2n) is 3.04. The van der Waals surface area contributed by atoms with Crippen LogP contribution in [-0.2, 0) is 4.74 Å². The average Bonchev–Trinajstić information content (AvgIpc) is 1.95. The monoisotopic (exact) mass is 294 g/mol. The fourth-order valence-electron chi connectivity index (χ4n) is 0.646. The van der Waals surface area contributed by atoms with Gasteiger partial charge in [-0.2, -0.15) is 39.5 Å². The van der Waals surface area contributed by atoms with Crippen LogP contribution in [0.3, 0.4) is 0 Å². The fraction of sp³-hybridized carbons (Fsp3) is 0.714. The third-order valence-electron chi connectivity index (χ3n) is 1.42. The van der Waals surface area contributed by atoms with Crippen LogP contribution >= 0.6 is 0 Å². The molecule has 0 aliphatic heterocycles. The zero-order valence-electron chi connectivity index (χ0n) is 8.10. The van der Waals surface area contributed by atoms with E-state index >= 15 is 0 Å². The number of rotatable bonds is 5. The Balaban J connectivity index is 5.08. The van der Waals surface area contributed by atoms with Gasteiger partial charge in [-0.3, -0.25) is 0 Å². The Hall–Kier alpha value is -1.00. The van der Waals surface area contributed by atoms with Gasteiger partial charge in [-0.1, -0.05) is 6.58 Å². The first-order chi connectivity index (χ1) is 7.61. The molecule has 0 spiro atoms. The summed E-state index contributed by atoms with van der Waals surface area (Å²) in [6.45, 7) is 1.83. The van der Waals surface area contributed by atoms with Gasteiger partial charge in [0.15, 0.2) is 5.83 Å². The van der Waals surface area contributed by atoms with Crippen LogP contribution in [0.1, 0.15) is 6.42 Å². The van der Waals surface area contributed by atoms with E-state index in [2.05, 4.69) is 4.74 Å². The Morgan fingerprint density at radius 1 is 0.889 bits per heavy atom. The molecular formula is C7H4F10O. The molecule has 0 saturated heterocycles. The van der Waals surface area contributed by atoms with Crippen molar-refractivity contribution in [3.63, 3.8) is 0 Å². The molecule has 11 heteroatoms. The van der Waals surface area contributed by atoms with Crippen molar-refractivity contribution in [3.8, 4) is 0 Å². The summed E-state index contributed by atoms with van der Waals surface area (Å²) < 4.78 is 123. The molecule has 0 amide bonds. The number of hydrogen-bond donors (Lipinski definition) is 0. The predicted octanol–water partition coefficient (Wildman–Crippen LogP) is 4.26. The molecule has 0 heterocycles. The van der Waals surface area contributed by atoms with E-state index in [1.165, 1.54) is 0 Å². The van der Waals surface area contributed by atoms with Crippen LogP contribution in [0.25, 0.3) is 0 Å². The van der Waals surface area contributed by atoms with Crippen LogP contribution < -0.4 is 0 Å². The van der Waals surface area contributed by atoms with Crippen molar-refractivity contribution in [1.29, 1.82) is 0 Å². The Kier molecular flexibility index (Phi) is 4.34. The van der Waals surface area contributed by atoms with Gasteiger partial charge in [-0.05, 0) is 0 Å². The molecular weight excluding hydrogens is 290 g/mol. The Morgan fingerprint density at radius 3 is 1.56 bits per heavy atom. The summed E-state index contributed by atoms with van der Waals surface area (Å²) in [5.74, 6) is -8.85. The molecule has 0 rings (SSSR count). The van der Waals surface area contributed by atoms with Gasteiger partial charge in [-0.25, -0.2) is 9.13 Å². The number of ether oxygens (including phenoxy) is 1. The Morgan fingerprint density at radius 2 is 1.28 bits per heavy atom. The number of hydrogen-bond acceptors (Lipinski definition) is 1. The number of halogens is 10. The lowest BCUT2D eigenvalue weighted by molar-refractivity contribution is -0.431. The highest BCUT2D eigenvalue weighted by Gasteiger charge is 2.66. The topological polar surface area (TPSA) is 9.23 Å². The standard InChI is InChI=1S/C7H4F10O/c1-3(8)6(14,15)18-7(16,17)4(9,10)2-5(11,12)13/h1-2H2. The van der Waals surface area contributed by atoms with E-state index in [1.807, 2.05) is 6.58 Å². The molecule has 0 aromatic carbocycles. The lowest BCUT2D eigenvalue weighted by Gasteiger charge is -2.29. The highest BCUT2D eigenvalue weighted by Crippen LogP contribution is 2.46. The lowest BCUT2D eigenvalue weighted by atomic mass is 10.2. The van der Waals surface area contributed by atoms with E-state index in [0.29, 0.717) is 0 Å². The van der Waals surface area contributed by atoms with Crippen molar-refractivity contribution in [2.45, 2.75) is 30.7 Å². The molecule has 1 nitrogen and oxygen atoms in total. The molecule has 0 aromatic rings. The van der Waals surface area contributed by atoms with Crippen LogP contribution in [0.5, 0.6) is 0 Å². The highest BCUT2D eigenvalue weighted by atomic mass is 19.4. The van der Waals surface area contributed by atoms with Crippen molar-refractivity contribution < 1.29 is 48.6 Å². The van der Waals surface area contributed by atoms with Crippen LogP contribution in [-0.4, -0.2) is 24.3 Å². The maximum absolute atomic E-state index is 12.4. The van der Waals surface area contributed by atoms with Gasteiger partial charge in [0.05, 0.1) is 0 Å². The Labute approximate surface area is 93.0 Å². The molecule has 0 unspecified atom stereocenters.